The van der Waals surface area contributed by atoms with Crippen LogP contribution in [0.15, 0.2) is 29.2 Å². The third-order valence-corrected chi connectivity index (χ3v) is 4.88. The molecule has 0 saturated carbocycles. The van der Waals surface area contributed by atoms with Crippen LogP contribution in [0.4, 0.5) is 18.9 Å². The molecule has 0 bridgehead atoms. The SMILES string of the molecule is NS(=O)(=O)C1CC(=O)N(c2cccc(SC(F)(F)F)c2)C1. The van der Waals surface area contributed by atoms with Gasteiger partial charge in [0.2, 0.25) is 15.9 Å². The van der Waals surface area contributed by atoms with Crippen LogP contribution < -0.4 is 10.0 Å². The number of nitrogens with two attached hydrogens (primary N) is 1. The molecule has 2 rings (SSSR count). The Morgan fingerprint density at radius 2 is 2.00 bits per heavy atom. The van der Waals surface area contributed by atoms with Crippen LogP contribution in [0.2, 0.25) is 0 Å². The standard InChI is InChI=1S/C11H11F3N2O3S2/c12-11(13,14)20-8-3-1-2-7(4-8)16-6-9(5-10(16)17)21(15,18)19/h1-4,9H,5-6H2,(H2,15,18,19). The molecule has 0 aliphatic carbocycles. The van der Waals surface area contributed by atoms with E-state index in [1.54, 1.807) is 0 Å². The summed E-state index contributed by atoms with van der Waals surface area (Å²) in [5.74, 6) is -0.483. The molecular formula is C11H11F3N2O3S2. The number of benzene rings is 1. The van der Waals surface area contributed by atoms with Gasteiger partial charge in [-0.15, -0.1) is 0 Å². The van der Waals surface area contributed by atoms with Crippen LogP contribution in [0, 0.1) is 0 Å². The Morgan fingerprint density at radius 1 is 1.33 bits per heavy atom. The summed E-state index contributed by atoms with van der Waals surface area (Å²) >= 11 is -0.300. The van der Waals surface area contributed by atoms with E-state index in [4.69, 9.17) is 5.14 Å². The average Bonchev–Trinajstić information content (AvgIpc) is 2.69. The number of nitrogens with zero attached hydrogens (tertiary/aromatic N) is 1. The maximum absolute atomic E-state index is 12.3. The van der Waals surface area contributed by atoms with Crippen LogP contribution in [0.1, 0.15) is 6.42 Å². The molecule has 1 saturated heterocycles. The lowest BCUT2D eigenvalue weighted by Crippen LogP contribution is -2.32. The number of halogens is 3. The molecule has 1 fully saturated rings. The van der Waals surface area contributed by atoms with E-state index in [-0.39, 0.29) is 35.3 Å². The van der Waals surface area contributed by atoms with Gasteiger partial charge in [0.1, 0.15) is 5.25 Å². The van der Waals surface area contributed by atoms with E-state index in [1.165, 1.54) is 24.3 Å². The maximum atomic E-state index is 12.3. The summed E-state index contributed by atoms with van der Waals surface area (Å²) < 4.78 is 59.5. The van der Waals surface area contributed by atoms with Gasteiger partial charge in [0.25, 0.3) is 0 Å². The molecule has 0 spiro atoms. The van der Waals surface area contributed by atoms with E-state index in [0.717, 1.165) is 4.90 Å². The fourth-order valence-electron chi connectivity index (χ4n) is 1.99. The van der Waals surface area contributed by atoms with Gasteiger partial charge in [0, 0.05) is 23.5 Å². The van der Waals surface area contributed by atoms with Gasteiger partial charge < -0.3 is 4.90 Å². The highest BCUT2D eigenvalue weighted by molar-refractivity contribution is 8.00. The van der Waals surface area contributed by atoms with Crippen molar-refractivity contribution < 1.29 is 26.4 Å². The van der Waals surface area contributed by atoms with Crippen molar-refractivity contribution in [2.75, 3.05) is 11.4 Å². The van der Waals surface area contributed by atoms with Crippen molar-refractivity contribution in [3.8, 4) is 0 Å². The molecule has 1 unspecified atom stereocenters. The fraction of sp³-hybridized carbons (Fsp3) is 0.364. The van der Waals surface area contributed by atoms with Crippen molar-refractivity contribution in [1.82, 2.24) is 0 Å². The Morgan fingerprint density at radius 3 is 2.52 bits per heavy atom. The minimum atomic E-state index is -4.43. The van der Waals surface area contributed by atoms with Gasteiger partial charge in [-0.3, -0.25) is 4.79 Å². The molecule has 1 aliphatic rings. The van der Waals surface area contributed by atoms with Gasteiger partial charge in [0.05, 0.1) is 0 Å². The topological polar surface area (TPSA) is 80.5 Å². The Labute approximate surface area is 123 Å². The summed E-state index contributed by atoms with van der Waals surface area (Å²) in [6, 6.07) is 5.28. The number of carbonyl (C=O) groups is 1. The van der Waals surface area contributed by atoms with Gasteiger partial charge in [-0.2, -0.15) is 13.2 Å². The molecule has 10 heteroatoms. The van der Waals surface area contributed by atoms with Gasteiger partial charge >= 0.3 is 5.51 Å². The van der Waals surface area contributed by atoms with E-state index in [9.17, 15) is 26.4 Å². The molecule has 0 radical (unpaired) electrons. The highest BCUT2D eigenvalue weighted by atomic mass is 32.2. The van der Waals surface area contributed by atoms with Crippen molar-refractivity contribution in [2.45, 2.75) is 22.1 Å². The van der Waals surface area contributed by atoms with Crippen molar-refractivity contribution in [3.63, 3.8) is 0 Å². The van der Waals surface area contributed by atoms with E-state index in [0.29, 0.717) is 0 Å². The first kappa shape index (κ1) is 16.1. The lowest BCUT2D eigenvalue weighted by Gasteiger charge is -2.17. The molecule has 2 N–H and O–H groups in total. The van der Waals surface area contributed by atoms with Crippen molar-refractivity contribution >= 4 is 33.4 Å². The molecule has 1 aromatic rings. The largest absolute Gasteiger partial charge is 0.446 e. The van der Waals surface area contributed by atoms with E-state index in [1.807, 2.05) is 0 Å². The number of thioether (sulfide) groups is 1. The van der Waals surface area contributed by atoms with E-state index < -0.39 is 26.7 Å². The number of alkyl halides is 3. The number of carbonyl (C=O) groups excluding carboxylic acids is 1. The zero-order valence-electron chi connectivity index (χ0n) is 10.5. The first-order valence-electron chi connectivity index (χ1n) is 5.74. The van der Waals surface area contributed by atoms with Crippen molar-refractivity contribution in [1.29, 1.82) is 0 Å². The smallest absolute Gasteiger partial charge is 0.311 e. The fourth-order valence-corrected chi connectivity index (χ4v) is 3.32. The Balaban J connectivity index is 2.23. The van der Waals surface area contributed by atoms with Gasteiger partial charge in [-0.05, 0) is 30.0 Å². The average molecular weight is 340 g/mol. The predicted molar refractivity (Wildman–Crippen MR) is 72.2 cm³/mol. The summed E-state index contributed by atoms with van der Waals surface area (Å²) in [7, 11) is -3.86. The molecule has 1 aliphatic heterocycles. The normalized spacial score (nSPS) is 20.1. The number of hydrogen-bond donors (Lipinski definition) is 1. The molecule has 1 aromatic carbocycles. The van der Waals surface area contributed by atoms with Gasteiger partial charge in [-0.25, -0.2) is 13.6 Å². The molecule has 1 atom stereocenters. The molecule has 1 heterocycles. The highest BCUT2D eigenvalue weighted by Crippen LogP contribution is 2.38. The number of primary sulfonamides is 1. The summed E-state index contributed by atoms with van der Waals surface area (Å²) in [6.07, 6.45) is -0.268. The quantitative estimate of drug-likeness (QED) is 0.849. The van der Waals surface area contributed by atoms with Crippen LogP contribution in [-0.2, 0) is 14.8 Å². The Bertz CT molecular complexity index is 661. The minimum Gasteiger partial charge on any atom is -0.311 e. The monoisotopic (exact) mass is 340 g/mol. The lowest BCUT2D eigenvalue weighted by molar-refractivity contribution is -0.117. The summed E-state index contributed by atoms with van der Waals surface area (Å²) in [5.41, 5.74) is -4.21. The highest BCUT2D eigenvalue weighted by Gasteiger charge is 2.37. The summed E-state index contributed by atoms with van der Waals surface area (Å²) in [6.45, 7) is -0.155. The first-order valence-corrected chi connectivity index (χ1v) is 8.16. The molecule has 5 nitrogen and oxygen atoms in total. The minimum absolute atomic E-state index is 0.0770. The van der Waals surface area contributed by atoms with Crippen molar-refractivity contribution in [2.24, 2.45) is 5.14 Å². The maximum Gasteiger partial charge on any atom is 0.446 e. The zero-order chi connectivity index (χ0) is 15.8. The molecule has 0 aromatic heterocycles. The van der Waals surface area contributed by atoms with Crippen LogP contribution in [0.5, 0.6) is 0 Å². The van der Waals surface area contributed by atoms with Crippen LogP contribution >= 0.6 is 11.8 Å². The van der Waals surface area contributed by atoms with Gasteiger partial charge in [0.15, 0.2) is 0 Å². The van der Waals surface area contributed by atoms with Crippen LogP contribution in [0.3, 0.4) is 0 Å². The Kier molecular flexibility index (Phi) is 4.22. The predicted octanol–water partition coefficient (Wildman–Crippen LogP) is 1.69. The second-order valence-electron chi connectivity index (χ2n) is 4.46. The van der Waals surface area contributed by atoms with E-state index >= 15 is 0 Å². The number of anilines is 1. The van der Waals surface area contributed by atoms with Crippen LogP contribution in [-0.4, -0.2) is 31.6 Å². The van der Waals surface area contributed by atoms with E-state index in [2.05, 4.69) is 0 Å². The third kappa shape index (κ3) is 4.11. The van der Waals surface area contributed by atoms with Crippen molar-refractivity contribution in [3.05, 3.63) is 24.3 Å². The van der Waals surface area contributed by atoms with Crippen LogP contribution in [0.25, 0.3) is 0 Å². The number of amides is 1. The first-order chi connectivity index (χ1) is 9.56. The Hall–Kier alpha value is -1.26. The number of rotatable bonds is 3. The second kappa shape index (κ2) is 5.50. The molecule has 1 amide bonds. The number of sulfonamides is 1. The number of hydrogen-bond acceptors (Lipinski definition) is 4. The van der Waals surface area contributed by atoms with Gasteiger partial charge in [-0.1, -0.05) is 6.07 Å². The third-order valence-electron chi connectivity index (χ3n) is 2.92. The summed E-state index contributed by atoms with van der Waals surface area (Å²) in [5, 5.41) is 3.96. The molecule has 21 heavy (non-hydrogen) atoms. The summed E-state index contributed by atoms with van der Waals surface area (Å²) in [4.78, 5) is 12.9. The second-order valence-corrected chi connectivity index (χ2v) is 7.45. The molecule has 116 valence electrons. The molecular weight excluding hydrogens is 329 g/mol. The zero-order valence-corrected chi connectivity index (χ0v) is 12.1. The lowest BCUT2D eigenvalue weighted by atomic mass is 10.3.